The largest absolute Gasteiger partial charge is 0.396 e. The van der Waals surface area contributed by atoms with Gasteiger partial charge < -0.3 is 5.73 Å². The summed E-state index contributed by atoms with van der Waals surface area (Å²) in [7, 11) is -3.77. The van der Waals surface area contributed by atoms with Crippen molar-refractivity contribution in [2.24, 2.45) is 0 Å². The van der Waals surface area contributed by atoms with Gasteiger partial charge in [-0.2, -0.15) is 0 Å². The van der Waals surface area contributed by atoms with E-state index in [1.165, 1.54) is 18.2 Å². The Labute approximate surface area is 125 Å². The van der Waals surface area contributed by atoms with Crippen LogP contribution in [0.5, 0.6) is 0 Å². The second-order valence-corrected chi connectivity index (χ2v) is 6.78. The molecule has 0 radical (unpaired) electrons. The van der Waals surface area contributed by atoms with Crippen LogP contribution in [0, 0.1) is 12.7 Å². The van der Waals surface area contributed by atoms with Gasteiger partial charge >= 0.3 is 0 Å². The van der Waals surface area contributed by atoms with Crippen molar-refractivity contribution in [1.29, 1.82) is 0 Å². The quantitative estimate of drug-likeness (QED) is 0.827. The maximum absolute atomic E-state index is 13.1. The van der Waals surface area contributed by atoms with Crippen LogP contribution >= 0.6 is 15.9 Å². The minimum absolute atomic E-state index is 0.103. The van der Waals surface area contributed by atoms with Gasteiger partial charge in [0.1, 0.15) is 10.7 Å². The molecule has 2 aromatic carbocycles. The molecule has 2 rings (SSSR count). The number of nitrogens with one attached hydrogen (secondary N) is 1. The van der Waals surface area contributed by atoms with Gasteiger partial charge in [0, 0.05) is 4.47 Å². The van der Waals surface area contributed by atoms with E-state index in [0.717, 1.165) is 11.6 Å². The predicted molar refractivity (Wildman–Crippen MR) is 80.5 cm³/mol. The molecule has 0 atom stereocenters. The summed E-state index contributed by atoms with van der Waals surface area (Å²) in [6.07, 6.45) is 0. The number of benzene rings is 2. The molecule has 0 aliphatic rings. The van der Waals surface area contributed by atoms with Crippen LogP contribution in [0.3, 0.4) is 0 Å². The monoisotopic (exact) mass is 358 g/mol. The molecular weight excluding hydrogens is 347 g/mol. The van der Waals surface area contributed by atoms with Crippen LogP contribution in [0.15, 0.2) is 45.8 Å². The minimum Gasteiger partial charge on any atom is -0.396 e. The lowest BCUT2D eigenvalue weighted by atomic mass is 10.2. The summed E-state index contributed by atoms with van der Waals surface area (Å²) in [5, 5.41) is 0. The van der Waals surface area contributed by atoms with Crippen molar-refractivity contribution >= 4 is 37.3 Å². The van der Waals surface area contributed by atoms with Crippen molar-refractivity contribution in [3.05, 3.63) is 52.3 Å². The van der Waals surface area contributed by atoms with Crippen LogP contribution in [0.25, 0.3) is 0 Å². The molecule has 0 aliphatic heterocycles. The van der Waals surface area contributed by atoms with Gasteiger partial charge in [0.25, 0.3) is 10.0 Å². The molecule has 3 N–H and O–H groups in total. The molecule has 0 fully saturated rings. The van der Waals surface area contributed by atoms with E-state index < -0.39 is 15.8 Å². The highest BCUT2D eigenvalue weighted by atomic mass is 79.9. The number of aryl methyl sites for hydroxylation is 1. The van der Waals surface area contributed by atoms with E-state index >= 15 is 0 Å². The molecular formula is C13H12BrFN2O2S. The lowest BCUT2D eigenvalue weighted by Crippen LogP contribution is -2.14. The number of anilines is 2. The zero-order valence-electron chi connectivity index (χ0n) is 10.5. The number of hydrogen-bond acceptors (Lipinski definition) is 3. The van der Waals surface area contributed by atoms with E-state index in [1.54, 1.807) is 12.1 Å². The van der Waals surface area contributed by atoms with Gasteiger partial charge in [-0.05, 0) is 58.7 Å². The molecule has 0 heterocycles. The summed E-state index contributed by atoms with van der Waals surface area (Å²) in [4.78, 5) is 0.103. The minimum atomic E-state index is -3.77. The number of sulfonamides is 1. The number of rotatable bonds is 3. The Bertz CT molecular complexity index is 763. The van der Waals surface area contributed by atoms with Crippen molar-refractivity contribution in [3.63, 3.8) is 0 Å². The highest BCUT2D eigenvalue weighted by Crippen LogP contribution is 2.26. The van der Waals surface area contributed by atoms with Crippen molar-refractivity contribution < 1.29 is 12.8 Å². The molecule has 0 spiro atoms. The summed E-state index contributed by atoms with van der Waals surface area (Å²) in [6, 6.07) is 8.54. The number of nitrogens with two attached hydrogens (primary N) is 1. The van der Waals surface area contributed by atoms with Gasteiger partial charge in [0.2, 0.25) is 0 Å². The fourth-order valence-corrected chi connectivity index (χ4v) is 3.88. The zero-order chi connectivity index (χ0) is 14.9. The van der Waals surface area contributed by atoms with E-state index in [2.05, 4.69) is 20.7 Å². The lowest BCUT2D eigenvalue weighted by molar-refractivity contribution is 0.600. The molecule has 0 aromatic heterocycles. The summed E-state index contributed by atoms with van der Waals surface area (Å²) >= 11 is 3.22. The van der Waals surface area contributed by atoms with Gasteiger partial charge in [-0.1, -0.05) is 6.07 Å². The Morgan fingerprint density at radius 2 is 1.90 bits per heavy atom. The van der Waals surface area contributed by atoms with E-state index in [0.29, 0.717) is 4.47 Å². The molecule has 0 unspecified atom stereocenters. The fraction of sp³-hybridized carbons (Fsp3) is 0.0769. The molecule has 0 aliphatic carbocycles. The fourth-order valence-electron chi connectivity index (χ4n) is 1.64. The number of halogens is 2. The molecule has 0 bridgehead atoms. The van der Waals surface area contributed by atoms with Crippen LogP contribution in [0.4, 0.5) is 15.8 Å². The Morgan fingerprint density at radius 1 is 1.20 bits per heavy atom. The second kappa shape index (κ2) is 5.41. The molecule has 4 nitrogen and oxygen atoms in total. The topological polar surface area (TPSA) is 72.2 Å². The van der Waals surface area contributed by atoms with Gasteiger partial charge in [-0.3, -0.25) is 4.72 Å². The number of hydrogen-bond donors (Lipinski definition) is 2. The molecule has 0 saturated heterocycles. The van der Waals surface area contributed by atoms with Gasteiger partial charge in [-0.15, -0.1) is 0 Å². The van der Waals surface area contributed by atoms with Gasteiger partial charge in [0.15, 0.2) is 0 Å². The molecule has 106 valence electrons. The summed E-state index contributed by atoms with van der Waals surface area (Å²) in [5.41, 5.74) is 6.43. The van der Waals surface area contributed by atoms with Crippen molar-refractivity contribution in [1.82, 2.24) is 0 Å². The van der Waals surface area contributed by atoms with E-state index in [-0.39, 0.29) is 16.3 Å². The smallest absolute Gasteiger partial charge is 0.263 e. The van der Waals surface area contributed by atoms with Gasteiger partial charge in [-0.25, -0.2) is 12.8 Å². The lowest BCUT2D eigenvalue weighted by Gasteiger charge is -2.10. The first-order valence-corrected chi connectivity index (χ1v) is 7.91. The molecule has 2 aromatic rings. The van der Waals surface area contributed by atoms with Crippen LogP contribution in [0.2, 0.25) is 0 Å². The first kappa shape index (κ1) is 14.8. The first-order chi connectivity index (χ1) is 9.29. The Kier molecular flexibility index (Phi) is 4.01. The van der Waals surface area contributed by atoms with Crippen LogP contribution < -0.4 is 10.5 Å². The average Bonchev–Trinajstić information content (AvgIpc) is 2.33. The van der Waals surface area contributed by atoms with Crippen LogP contribution in [-0.2, 0) is 10.0 Å². The summed E-state index contributed by atoms with van der Waals surface area (Å²) < 4.78 is 40.4. The third-order valence-corrected chi connectivity index (χ3v) is 4.98. The van der Waals surface area contributed by atoms with Gasteiger partial charge in [0.05, 0.1) is 11.4 Å². The van der Waals surface area contributed by atoms with E-state index in [9.17, 15) is 12.8 Å². The second-order valence-electron chi connectivity index (χ2n) is 4.28. The maximum Gasteiger partial charge on any atom is 0.263 e. The molecule has 20 heavy (non-hydrogen) atoms. The maximum atomic E-state index is 13.1. The molecule has 0 saturated carbocycles. The van der Waals surface area contributed by atoms with Crippen molar-refractivity contribution in [2.75, 3.05) is 10.5 Å². The SMILES string of the molecule is Cc1ccc(S(=O)(=O)Nc2ccc(F)c(N)c2)c(Br)c1. The predicted octanol–water partition coefficient (Wildman–Crippen LogP) is 3.28. The summed E-state index contributed by atoms with van der Waals surface area (Å²) in [6.45, 7) is 1.86. The Balaban J connectivity index is 2.38. The first-order valence-electron chi connectivity index (χ1n) is 5.63. The zero-order valence-corrected chi connectivity index (χ0v) is 12.9. The van der Waals surface area contributed by atoms with Crippen molar-refractivity contribution in [3.8, 4) is 0 Å². The van der Waals surface area contributed by atoms with Crippen molar-refractivity contribution in [2.45, 2.75) is 11.8 Å². The average molecular weight is 359 g/mol. The van der Waals surface area contributed by atoms with E-state index in [4.69, 9.17) is 5.73 Å². The standard InChI is InChI=1S/C13H12BrFN2O2S/c1-8-2-5-13(10(14)6-8)20(18,19)17-9-3-4-11(15)12(16)7-9/h2-7,17H,16H2,1H3. The third kappa shape index (κ3) is 3.10. The third-order valence-electron chi connectivity index (χ3n) is 2.63. The highest BCUT2D eigenvalue weighted by Gasteiger charge is 2.18. The molecule has 0 amide bonds. The number of nitrogen functional groups attached to an aromatic ring is 1. The Hall–Kier alpha value is -1.60. The van der Waals surface area contributed by atoms with Crippen LogP contribution in [-0.4, -0.2) is 8.42 Å². The van der Waals surface area contributed by atoms with Crippen LogP contribution in [0.1, 0.15) is 5.56 Å². The van der Waals surface area contributed by atoms with E-state index in [1.807, 2.05) is 6.92 Å². The molecule has 7 heteroatoms. The summed E-state index contributed by atoms with van der Waals surface area (Å²) in [5.74, 6) is -0.593. The highest BCUT2D eigenvalue weighted by molar-refractivity contribution is 9.10. The Morgan fingerprint density at radius 3 is 2.50 bits per heavy atom. The normalized spacial score (nSPS) is 11.3.